The van der Waals surface area contributed by atoms with E-state index in [0.29, 0.717) is 30.6 Å². The molecule has 1 aliphatic heterocycles. The lowest BCUT2D eigenvalue weighted by Crippen LogP contribution is -2.51. The summed E-state index contributed by atoms with van der Waals surface area (Å²) in [7, 11) is 0. The third-order valence-corrected chi connectivity index (χ3v) is 5.54. The molecule has 2 fully saturated rings. The highest BCUT2D eigenvalue weighted by atomic mass is 16.5. The van der Waals surface area contributed by atoms with Crippen LogP contribution in [0.3, 0.4) is 0 Å². The maximum atomic E-state index is 12.4. The van der Waals surface area contributed by atoms with Gasteiger partial charge in [0.1, 0.15) is 5.54 Å². The van der Waals surface area contributed by atoms with Crippen LogP contribution >= 0.6 is 0 Å². The van der Waals surface area contributed by atoms with Crippen molar-refractivity contribution in [3.05, 3.63) is 11.7 Å². The largest absolute Gasteiger partial charge is 0.343 e. The molecule has 8 heteroatoms. The van der Waals surface area contributed by atoms with Crippen molar-refractivity contribution in [3.63, 3.8) is 0 Å². The molecule has 0 spiro atoms. The first-order valence-corrected chi connectivity index (χ1v) is 10.1. The molecule has 2 heterocycles. The molecule has 3 rings (SSSR count). The molecule has 1 aromatic rings. The summed E-state index contributed by atoms with van der Waals surface area (Å²) in [6.45, 7) is 5.92. The van der Waals surface area contributed by atoms with E-state index in [-0.39, 0.29) is 11.8 Å². The number of nitrogens with zero attached hydrogens (tertiary/aromatic N) is 3. The summed E-state index contributed by atoms with van der Waals surface area (Å²) < 4.78 is 5.43. The van der Waals surface area contributed by atoms with Gasteiger partial charge in [0.15, 0.2) is 5.82 Å². The van der Waals surface area contributed by atoms with E-state index >= 15 is 0 Å². The number of aromatic nitrogens is 2. The average molecular weight is 377 g/mol. The Labute approximate surface area is 160 Å². The van der Waals surface area contributed by atoms with Crippen molar-refractivity contribution in [3.8, 4) is 0 Å². The lowest BCUT2D eigenvalue weighted by atomic mass is 9.89. The van der Waals surface area contributed by atoms with E-state index in [0.717, 1.165) is 58.2 Å². The molecule has 2 amide bonds. The number of carbonyl (C=O) groups excluding carboxylic acids is 2. The SMILES string of the molecule is CC(=O)NC1(c2noc(CCC(=O)N3CCNC(C)C3)n2)CCCCCC1. The Morgan fingerprint density at radius 2 is 2.04 bits per heavy atom. The van der Waals surface area contributed by atoms with Crippen molar-refractivity contribution in [1.29, 1.82) is 0 Å². The van der Waals surface area contributed by atoms with Crippen LogP contribution < -0.4 is 10.6 Å². The molecule has 1 aromatic heterocycles. The van der Waals surface area contributed by atoms with Crippen molar-refractivity contribution in [2.24, 2.45) is 0 Å². The summed E-state index contributed by atoms with van der Waals surface area (Å²) in [5.41, 5.74) is -0.540. The fourth-order valence-electron chi connectivity index (χ4n) is 4.16. The third kappa shape index (κ3) is 5.06. The molecule has 0 bridgehead atoms. The predicted octanol–water partition coefficient (Wildman–Crippen LogP) is 1.51. The quantitative estimate of drug-likeness (QED) is 0.755. The second-order valence-electron chi connectivity index (χ2n) is 7.88. The van der Waals surface area contributed by atoms with Gasteiger partial charge in [-0.3, -0.25) is 9.59 Å². The molecule has 0 aromatic carbocycles. The molecule has 150 valence electrons. The van der Waals surface area contributed by atoms with E-state index in [2.05, 4.69) is 27.7 Å². The second-order valence-corrected chi connectivity index (χ2v) is 7.88. The highest BCUT2D eigenvalue weighted by Gasteiger charge is 2.38. The number of carbonyl (C=O) groups is 2. The lowest BCUT2D eigenvalue weighted by Gasteiger charge is -2.31. The van der Waals surface area contributed by atoms with Crippen molar-refractivity contribution < 1.29 is 14.1 Å². The van der Waals surface area contributed by atoms with Gasteiger partial charge in [0.25, 0.3) is 0 Å². The van der Waals surface area contributed by atoms with Crippen LogP contribution in [0.2, 0.25) is 0 Å². The summed E-state index contributed by atoms with van der Waals surface area (Å²) in [5.74, 6) is 1.06. The minimum absolute atomic E-state index is 0.0775. The summed E-state index contributed by atoms with van der Waals surface area (Å²) in [5, 5.41) is 10.6. The lowest BCUT2D eigenvalue weighted by molar-refractivity contribution is -0.132. The van der Waals surface area contributed by atoms with Crippen molar-refractivity contribution in [2.75, 3.05) is 19.6 Å². The zero-order chi connectivity index (χ0) is 19.3. The molecular weight excluding hydrogens is 346 g/mol. The van der Waals surface area contributed by atoms with E-state index < -0.39 is 5.54 Å². The highest BCUT2D eigenvalue weighted by Crippen LogP contribution is 2.34. The molecule has 2 aliphatic rings. The molecule has 1 saturated heterocycles. The maximum Gasteiger partial charge on any atom is 0.227 e. The number of rotatable bonds is 5. The van der Waals surface area contributed by atoms with Gasteiger partial charge in [-0.25, -0.2) is 0 Å². The minimum atomic E-state index is -0.540. The van der Waals surface area contributed by atoms with Gasteiger partial charge in [0.2, 0.25) is 17.7 Å². The Morgan fingerprint density at radius 3 is 2.70 bits per heavy atom. The molecule has 8 nitrogen and oxygen atoms in total. The van der Waals surface area contributed by atoms with Crippen molar-refractivity contribution >= 4 is 11.8 Å². The number of aryl methyl sites for hydroxylation is 1. The average Bonchev–Trinajstić information content (AvgIpc) is 3.00. The topological polar surface area (TPSA) is 100 Å². The molecule has 1 aliphatic carbocycles. The maximum absolute atomic E-state index is 12.4. The van der Waals surface area contributed by atoms with E-state index in [4.69, 9.17) is 4.52 Å². The van der Waals surface area contributed by atoms with Gasteiger partial charge < -0.3 is 20.1 Å². The Hall–Kier alpha value is -1.96. The summed E-state index contributed by atoms with van der Waals surface area (Å²) in [6.07, 6.45) is 6.81. The molecule has 1 saturated carbocycles. The number of piperazine rings is 1. The van der Waals surface area contributed by atoms with E-state index in [9.17, 15) is 9.59 Å². The Balaban J connectivity index is 1.63. The third-order valence-electron chi connectivity index (χ3n) is 5.54. The predicted molar refractivity (Wildman–Crippen MR) is 99.9 cm³/mol. The van der Waals surface area contributed by atoms with Gasteiger partial charge in [-0.2, -0.15) is 4.98 Å². The van der Waals surface area contributed by atoms with Crippen LogP contribution in [0.5, 0.6) is 0 Å². The van der Waals surface area contributed by atoms with E-state index in [1.165, 1.54) is 6.92 Å². The number of nitrogens with one attached hydrogen (secondary N) is 2. The van der Waals surface area contributed by atoms with Crippen LogP contribution in [0.1, 0.15) is 70.5 Å². The molecule has 27 heavy (non-hydrogen) atoms. The first kappa shape index (κ1) is 19.8. The van der Waals surface area contributed by atoms with Crippen LogP contribution in [-0.4, -0.2) is 52.5 Å². The van der Waals surface area contributed by atoms with E-state index in [1.54, 1.807) is 0 Å². The molecule has 1 unspecified atom stereocenters. The normalized spacial score (nSPS) is 22.9. The number of hydrogen-bond donors (Lipinski definition) is 2. The monoisotopic (exact) mass is 377 g/mol. The summed E-state index contributed by atoms with van der Waals surface area (Å²) in [6, 6.07) is 0.324. The van der Waals surface area contributed by atoms with Gasteiger partial charge in [-0.15, -0.1) is 0 Å². The fourth-order valence-corrected chi connectivity index (χ4v) is 4.16. The van der Waals surface area contributed by atoms with Crippen LogP contribution in [0, 0.1) is 0 Å². The zero-order valence-corrected chi connectivity index (χ0v) is 16.4. The van der Waals surface area contributed by atoms with Crippen LogP contribution in [0.15, 0.2) is 4.52 Å². The Morgan fingerprint density at radius 1 is 1.30 bits per heavy atom. The summed E-state index contributed by atoms with van der Waals surface area (Å²) >= 11 is 0. The van der Waals surface area contributed by atoms with Crippen LogP contribution in [0.4, 0.5) is 0 Å². The standard InChI is InChI=1S/C19H31N5O3/c1-14-13-24(12-11-20-14)17(26)8-7-16-21-18(23-27-16)19(22-15(2)25)9-5-3-4-6-10-19/h14,20H,3-13H2,1-2H3,(H,22,25). The smallest absolute Gasteiger partial charge is 0.227 e. The van der Waals surface area contributed by atoms with Crippen molar-refractivity contribution in [2.45, 2.75) is 76.8 Å². The molecule has 0 radical (unpaired) electrons. The first-order valence-electron chi connectivity index (χ1n) is 10.1. The Kier molecular flexibility index (Phi) is 6.46. The zero-order valence-electron chi connectivity index (χ0n) is 16.4. The highest BCUT2D eigenvalue weighted by molar-refractivity contribution is 5.76. The van der Waals surface area contributed by atoms with Gasteiger partial charge in [-0.1, -0.05) is 30.8 Å². The Bertz CT molecular complexity index is 652. The van der Waals surface area contributed by atoms with Gasteiger partial charge in [0.05, 0.1) is 0 Å². The van der Waals surface area contributed by atoms with E-state index in [1.807, 2.05) is 4.90 Å². The van der Waals surface area contributed by atoms with Gasteiger partial charge >= 0.3 is 0 Å². The van der Waals surface area contributed by atoms with Gasteiger partial charge in [-0.05, 0) is 19.8 Å². The number of amides is 2. The van der Waals surface area contributed by atoms with Crippen molar-refractivity contribution in [1.82, 2.24) is 25.7 Å². The van der Waals surface area contributed by atoms with Crippen LogP contribution in [-0.2, 0) is 21.5 Å². The summed E-state index contributed by atoms with van der Waals surface area (Å²) in [4.78, 5) is 30.7. The molecule has 1 atom stereocenters. The first-order chi connectivity index (χ1) is 13.0. The number of hydrogen-bond acceptors (Lipinski definition) is 6. The molecule has 2 N–H and O–H groups in total. The molecular formula is C19H31N5O3. The second kappa shape index (κ2) is 8.82. The minimum Gasteiger partial charge on any atom is -0.343 e. The fraction of sp³-hybridized carbons (Fsp3) is 0.789. The van der Waals surface area contributed by atoms with Crippen LogP contribution in [0.25, 0.3) is 0 Å². The van der Waals surface area contributed by atoms with Gasteiger partial charge in [0, 0.05) is 45.4 Å².